The maximum atomic E-state index is 12.7. The molecule has 2 aromatic rings. The minimum atomic E-state index is -0.0217. The summed E-state index contributed by atoms with van der Waals surface area (Å²) in [6.45, 7) is 8.75. The summed E-state index contributed by atoms with van der Waals surface area (Å²) in [4.78, 5) is 16.3. The van der Waals surface area contributed by atoms with Crippen LogP contribution in [0.5, 0.6) is 0 Å². The minimum absolute atomic E-state index is 0.00650. The van der Waals surface area contributed by atoms with Crippen molar-refractivity contribution in [2.75, 3.05) is 23.7 Å². The molecule has 0 aliphatic carbocycles. The lowest BCUT2D eigenvalue weighted by molar-refractivity contribution is 0.0937. The molecule has 2 aromatic carbocycles. The predicted octanol–water partition coefficient (Wildman–Crippen LogP) is 5.53. The van der Waals surface area contributed by atoms with Crippen molar-refractivity contribution < 1.29 is 4.79 Å². The Morgan fingerprint density at radius 3 is 2.67 bits per heavy atom. The molecule has 3 rings (SSSR count). The molecule has 1 fully saturated rings. The van der Waals surface area contributed by atoms with Crippen LogP contribution in [0.2, 0.25) is 0 Å². The summed E-state index contributed by atoms with van der Waals surface area (Å²) in [5.74, 6) is 1.71. The molecule has 27 heavy (non-hydrogen) atoms. The third-order valence-electron chi connectivity index (χ3n) is 5.19. The molecule has 0 spiro atoms. The third kappa shape index (κ3) is 5.07. The fourth-order valence-corrected chi connectivity index (χ4v) is 4.49. The van der Waals surface area contributed by atoms with E-state index in [1.54, 1.807) is 11.8 Å². The van der Waals surface area contributed by atoms with E-state index in [4.69, 9.17) is 0 Å². The molecule has 0 saturated carbocycles. The van der Waals surface area contributed by atoms with Gasteiger partial charge in [-0.25, -0.2) is 0 Å². The van der Waals surface area contributed by atoms with Gasteiger partial charge in [0, 0.05) is 23.7 Å². The van der Waals surface area contributed by atoms with E-state index in [2.05, 4.69) is 48.3 Å². The maximum Gasteiger partial charge on any atom is 0.252 e. The largest absolute Gasteiger partial charge is 0.371 e. The van der Waals surface area contributed by atoms with E-state index in [-0.39, 0.29) is 11.9 Å². The molecule has 4 heteroatoms. The number of nitrogens with zero attached hydrogens (tertiary/aromatic N) is 1. The number of hydrogen-bond acceptors (Lipinski definition) is 3. The molecule has 1 amide bonds. The zero-order chi connectivity index (χ0) is 19.2. The van der Waals surface area contributed by atoms with Crippen molar-refractivity contribution in [1.29, 1.82) is 0 Å². The number of benzene rings is 2. The van der Waals surface area contributed by atoms with E-state index in [0.717, 1.165) is 40.8 Å². The number of carbonyl (C=O) groups is 1. The van der Waals surface area contributed by atoms with Gasteiger partial charge in [-0.05, 0) is 61.3 Å². The van der Waals surface area contributed by atoms with Crippen molar-refractivity contribution >= 4 is 23.4 Å². The second kappa shape index (κ2) is 9.32. The van der Waals surface area contributed by atoms with Gasteiger partial charge in [-0.1, -0.05) is 38.1 Å². The summed E-state index contributed by atoms with van der Waals surface area (Å²) in [6, 6.07) is 16.5. The van der Waals surface area contributed by atoms with Gasteiger partial charge in [-0.2, -0.15) is 0 Å². The number of carbonyl (C=O) groups excluding carboxylic acids is 1. The molecule has 1 heterocycles. The van der Waals surface area contributed by atoms with Crippen LogP contribution in [-0.4, -0.2) is 24.7 Å². The van der Waals surface area contributed by atoms with Crippen LogP contribution >= 0.6 is 11.8 Å². The second-order valence-corrected chi connectivity index (χ2v) is 8.72. The zero-order valence-electron chi connectivity index (χ0n) is 16.6. The SMILES string of the molecule is CCSc1ccccc1C(=O)N[C@H](C)c1ccc(N2CCC[C@H](C)C2)cc1. The van der Waals surface area contributed by atoms with Gasteiger partial charge in [0.25, 0.3) is 5.91 Å². The highest BCUT2D eigenvalue weighted by Crippen LogP contribution is 2.26. The van der Waals surface area contributed by atoms with Crippen LogP contribution in [0.4, 0.5) is 5.69 Å². The summed E-state index contributed by atoms with van der Waals surface area (Å²) in [5.41, 5.74) is 3.18. The summed E-state index contributed by atoms with van der Waals surface area (Å²) >= 11 is 1.70. The molecule has 0 aromatic heterocycles. The van der Waals surface area contributed by atoms with Crippen molar-refractivity contribution in [3.63, 3.8) is 0 Å². The Morgan fingerprint density at radius 2 is 1.96 bits per heavy atom. The number of thioether (sulfide) groups is 1. The van der Waals surface area contributed by atoms with Gasteiger partial charge in [-0.15, -0.1) is 11.8 Å². The lowest BCUT2D eigenvalue weighted by Crippen LogP contribution is -2.34. The lowest BCUT2D eigenvalue weighted by Gasteiger charge is -2.33. The Kier molecular flexibility index (Phi) is 6.84. The zero-order valence-corrected chi connectivity index (χ0v) is 17.4. The Morgan fingerprint density at radius 1 is 1.22 bits per heavy atom. The molecule has 0 bridgehead atoms. The number of rotatable bonds is 6. The monoisotopic (exact) mass is 382 g/mol. The number of hydrogen-bond donors (Lipinski definition) is 1. The molecule has 1 N–H and O–H groups in total. The predicted molar refractivity (Wildman–Crippen MR) is 116 cm³/mol. The summed E-state index contributed by atoms with van der Waals surface area (Å²) < 4.78 is 0. The fourth-order valence-electron chi connectivity index (χ4n) is 3.69. The van der Waals surface area contributed by atoms with Gasteiger partial charge in [0.1, 0.15) is 0 Å². The first-order valence-corrected chi connectivity index (χ1v) is 10.9. The summed E-state index contributed by atoms with van der Waals surface area (Å²) in [5, 5.41) is 3.15. The van der Waals surface area contributed by atoms with Crippen molar-refractivity contribution in [1.82, 2.24) is 5.32 Å². The quantitative estimate of drug-likeness (QED) is 0.667. The van der Waals surface area contributed by atoms with Crippen LogP contribution in [0.25, 0.3) is 0 Å². The van der Waals surface area contributed by atoms with E-state index in [1.807, 2.05) is 31.2 Å². The molecule has 0 unspecified atom stereocenters. The second-order valence-electron chi connectivity index (χ2n) is 7.41. The van der Waals surface area contributed by atoms with Gasteiger partial charge in [0.15, 0.2) is 0 Å². The molecule has 1 aliphatic rings. The first-order valence-electron chi connectivity index (χ1n) is 9.96. The van der Waals surface area contributed by atoms with Crippen LogP contribution in [0.15, 0.2) is 53.4 Å². The van der Waals surface area contributed by atoms with Crippen molar-refractivity contribution in [3.8, 4) is 0 Å². The highest BCUT2D eigenvalue weighted by atomic mass is 32.2. The van der Waals surface area contributed by atoms with Crippen LogP contribution in [0.1, 0.15) is 55.6 Å². The van der Waals surface area contributed by atoms with Crippen LogP contribution in [0.3, 0.4) is 0 Å². The Bertz CT molecular complexity index is 759. The molecule has 1 saturated heterocycles. The van der Waals surface area contributed by atoms with Gasteiger partial charge in [0.2, 0.25) is 0 Å². The number of anilines is 1. The Hall–Kier alpha value is -1.94. The van der Waals surface area contributed by atoms with Gasteiger partial charge >= 0.3 is 0 Å². The highest BCUT2D eigenvalue weighted by molar-refractivity contribution is 7.99. The molecule has 3 nitrogen and oxygen atoms in total. The van der Waals surface area contributed by atoms with E-state index >= 15 is 0 Å². The summed E-state index contributed by atoms with van der Waals surface area (Å²) in [7, 11) is 0. The van der Waals surface area contributed by atoms with E-state index < -0.39 is 0 Å². The standard InChI is InChI=1S/C23H30N2OS/c1-4-27-22-10-6-5-9-21(22)23(26)24-18(3)19-11-13-20(14-12-19)25-15-7-8-17(2)16-25/h5-6,9-14,17-18H,4,7-8,15-16H2,1-3H3,(H,24,26)/t17-,18+/m0/s1. The van der Waals surface area contributed by atoms with Crippen molar-refractivity contribution in [2.24, 2.45) is 5.92 Å². The van der Waals surface area contributed by atoms with Gasteiger partial charge in [-0.3, -0.25) is 4.79 Å². The third-order valence-corrected chi connectivity index (χ3v) is 6.15. The minimum Gasteiger partial charge on any atom is -0.371 e. The van der Waals surface area contributed by atoms with Crippen LogP contribution in [-0.2, 0) is 0 Å². The molecular weight excluding hydrogens is 352 g/mol. The molecular formula is C23H30N2OS. The van der Waals surface area contributed by atoms with E-state index in [1.165, 1.54) is 18.5 Å². The first-order chi connectivity index (χ1) is 13.1. The molecule has 0 radical (unpaired) electrons. The average Bonchev–Trinajstić information content (AvgIpc) is 2.68. The normalized spacial score (nSPS) is 18.2. The van der Waals surface area contributed by atoms with Gasteiger partial charge in [0.05, 0.1) is 11.6 Å². The van der Waals surface area contributed by atoms with E-state index in [0.29, 0.717) is 0 Å². The van der Waals surface area contributed by atoms with Crippen molar-refractivity contribution in [2.45, 2.75) is 44.6 Å². The first kappa shape index (κ1) is 19.8. The smallest absolute Gasteiger partial charge is 0.252 e. The topological polar surface area (TPSA) is 32.3 Å². The van der Waals surface area contributed by atoms with Crippen LogP contribution in [0, 0.1) is 5.92 Å². The molecule has 1 aliphatic heterocycles. The van der Waals surface area contributed by atoms with Gasteiger partial charge < -0.3 is 10.2 Å². The fraction of sp³-hybridized carbons (Fsp3) is 0.435. The Balaban J connectivity index is 1.66. The van der Waals surface area contributed by atoms with E-state index in [9.17, 15) is 4.79 Å². The lowest BCUT2D eigenvalue weighted by atomic mass is 9.99. The average molecular weight is 383 g/mol. The number of amides is 1. The molecule has 144 valence electrons. The highest BCUT2D eigenvalue weighted by Gasteiger charge is 2.18. The van der Waals surface area contributed by atoms with Crippen LogP contribution < -0.4 is 10.2 Å². The molecule has 2 atom stereocenters. The van der Waals surface area contributed by atoms with Crippen molar-refractivity contribution in [3.05, 3.63) is 59.7 Å². The summed E-state index contributed by atoms with van der Waals surface area (Å²) in [6.07, 6.45) is 2.60. The Labute approximate surface area is 167 Å². The maximum absolute atomic E-state index is 12.7. The number of piperidine rings is 1. The number of nitrogens with one attached hydrogen (secondary N) is 1.